The van der Waals surface area contributed by atoms with E-state index in [4.69, 9.17) is 16.3 Å². The van der Waals surface area contributed by atoms with Gasteiger partial charge in [-0.25, -0.2) is 0 Å². The van der Waals surface area contributed by atoms with Gasteiger partial charge in [-0.15, -0.1) is 0 Å². The van der Waals surface area contributed by atoms with Gasteiger partial charge < -0.3 is 21.7 Å². The molecule has 0 amide bonds. The van der Waals surface area contributed by atoms with Gasteiger partial charge in [0.15, 0.2) is 12.8 Å². The first-order chi connectivity index (χ1) is 9.29. The zero-order valence-corrected chi connectivity index (χ0v) is 13.5. The molecule has 20 heavy (non-hydrogen) atoms. The number of halogens is 2. The Bertz CT molecular complexity index is 655. The highest BCUT2D eigenvalue weighted by molar-refractivity contribution is 6.32. The summed E-state index contributed by atoms with van der Waals surface area (Å²) in [5.74, 6) is 0.911. The highest BCUT2D eigenvalue weighted by atomic mass is 79.9. The predicted molar refractivity (Wildman–Crippen MR) is 78.1 cm³/mol. The topological polar surface area (TPSA) is 12.2 Å². The number of para-hydroxylation sites is 1. The van der Waals surface area contributed by atoms with Crippen molar-refractivity contribution in [2.75, 3.05) is 13.7 Å². The van der Waals surface area contributed by atoms with Gasteiger partial charge in [-0.05, 0) is 17.7 Å². The molecule has 0 unspecified atom stereocenters. The van der Waals surface area contributed by atoms with Gasteiger partial charge in [0, 0.05) is 12.5 Å². The summed E-state index contributed by atoms with van der Waals surface area (Å²) >= 11 is 6.27. The fourth-order valence-electron chi connectivity index (χ4n) is 2.47. The number of benzene rings is 2. The molecule has 0 fully saturated rings. The molecule has 2 aromatic carbocycles. The summed E-state index contributed by atoms with van der Waals surface area (Å²) in [7, 11) is 1.71. The minimum atomic E-state index is 0. The lowest BCUT2D eigenvalue weighted by atomic mass is 10.0. The van der Waals surface area contributed by atoms with Crippen molar-refractivity contribution in [1.82, 2.24) is 0 Å². The Hall–Kier alpha value is -1.32. The number of methoxy groups -OCH3 is 1. The largest absolute Gasteiger partial charge is 1.00 e. The third kappa shape index (κ3) is 2.74. The zero-order valence-electron chi connectivity index (χ0n) is 11.1. The van der Waals surface area contributed by atoms with E-state index in [-0.39, 0.29) is 17.0 Å². The summed E-state index contributed by atoms with van der Waals surface area (Å²) in [5, 5.41) is 0.775. The zero-order chi connectivity index (χ0) is 13.2. The quantitative estimate of drug-likeness (QED) is 0.724. The third-order valence-corrected chi connectivity index (χ3v) is 3.76. The van der Waals surface area contributed by atoms with Gasteiger partial charge in [0.05, 0.1) is 12.7 Å². The number of rotatable bonds is 2. The first-order valence-corrected chi connectivity index (χ1v) is 6.69. The van der Waals surface area contributed by atoms with E-state index in [2.05, 4.69) is 16.9 Å². The van der Waals surface area contributed by atoms with E-state index < -0.39 is 0 Å². The Kier molecular flexibility index (Phi) is 4.84. The summed E-state index contributed by atoms with van der Waals surface area (Å²) < 4.78 is 7.62. The smallest absolute Gasteiger partial charge is 0.224 e. The van der Waals surface area contributed by atoms with Crippen molar-refractivity contribution in [1.29, 1.82) is 0 Å². The van der Waals surface area contributed by atoms with E-state index in [1.807, 2.05) is 36.4 Å². The summed E-state index contributed by atoms with van der Waals surface area (Å²) in [5.41, 5.74) is 3.51. The van der Waals surface area contributed by atoms with Crippen molar-refractivity contribution in [2.45, 2.75) is 6.42 Å². The third-order valence-electron chi connectivity index (χ3n) is 3.45. The van der Waals surface area contributed by atoms with Crippen molar-refractivity contribution in [2.24, 2.45) is 0 Å². The molecule has 0 saturated heterocycles. The maximum Gasteiger partial charge on any atom is 0.224 e. The Balaban J connectivity index is 0.00000147. The minimum absolute atomic E-state index is 0. The van der Waals surface area contributed by atoms with Crippen LogP contribution in [0.15, 0.2) is 42.5 Å². The van der Waals surface area contributed by atoms with Gasteiger partial charge in [0.25, 0.3) is 0 Å². The van der Waals surface area contributed by atoms with Crippen LogP contribution in [0.25, 0.3) is 0 Å². The highest BCUT2D eigenvalue weighted by Gasteiger charge is 2.22. The molecule has 2 aromatic rings. The van der Waals surface area contributed by atoms with Gasteiger partial charge in [-0.3, -0.25) is 0 Å². The predicted octanol–water partition coefficient (Wildman–Crippen LogP) is 0.672. The van der Waals surface area contributed by atoms with Crippen molar-refractivity contribution in [3.63, 3.8) is 0 Å². The molecule has 0 N–H and O–H groups in total. The molecule has 0 atom stereocenters. The molecule has 0 aliphatic carbocycles. The fraction of sp³-hybridized carbons (Fsp3) is 0.188. The summed E-state index contributed by atoms with van der Waals surface area (Å²) in [6, 6.07) is 14.1. The molecule has 1 aliphatic rings. The maximum atomic E-state index is 6.27. The Morgan fingerprint density at radius 2 is 1.90 bits per heavy atom. The summed E-state index contributed by atoms with van der Waals surface area (Å²) in [6.07, 6.45) is 3.12. The Morgan fingerprint density at radius 1 is 1.10 bits per heavy atom. The van der Waals surface area contributed by atoms with Gasteiger partial charge in [-0.2, -0.15) is 4.58 Å². The Labute approximate surface area is 134 Å². The molecule has 4 heteroatoms. The van der Waals surface area contributed by atoms with Crippen LogP contribution in [-0.2, 0) is 6.42 Å². The van der Waals surface area contributed by atoms with E-state index in [1.54, 1.807) is 7.11 Å². The molecule has 3 rings (SSSR count). The first-order valence-electron chi connectivity index (χ1n) is 6.31. The van der Waals surface area contributed by atoms with Crippen LogP contribution in [0.5, 0.6) is 5.75 Å². The lowest BCUT2D eigenvalue weighted by Crippen LogP contribution is -3.00. The van der Waals surface area contributed by atoms with Crippen molar-refractivity contribution in [3.8, 4) is 5.75 Å². The van der Waals surface area contributed by atoms with Gasteiger partial charge >= 0.3 is 0 Å². The molecule has 104 valence electrons. The number of nitrogens with zero attached hydrogens (tertiary/aromatic N) is 1. The molecule has 0 aromatic heterocycles. The van der Waals surface area contributed by atoms with Crippen LogP contribution in [-0.4, -0.2) is 24.4 Å². The average molecular weight is 353 g/mol. The summed E-state index contributed by atoms with van der Waals surface area (Å²) in [4.78, 5) is 0. The minimum Gasteiger partial charge on any atom is -1.00 e. The molecule has 0 spiro atoms. The van der Waals surface area contributed by atoms with Gasteiger partial charge in [0.1, 0.15) is 10.8 Å². The Morgan fingerprint density at radius 3 is 2.65 bits per heavy atom. The second-order valence-electron chi connectivity index (χ2n) is 4.56. The normalized spacial score (nSPS) is 13.0. The lowest BCUT2D eigenvalue weighted by molar-refractivity contribution is -0.436. The molecular weight excluding hydrogens is 338 g/mol. The van der Waals surface area contributed by atoms with Crippen LogP contribution in [0, 0.1) is 0 Å². The lowest BCUT2D eigenvalue weighted by Gasteiger charge is -2.15. The first kappa shape index (κ1) is 15.1. The monoisotopic (exact) mass is 351 g/mol. The van der Waals surface area contributed by atoms with E-state index in [0.29, 0.717) is 0 Å². The standard InChI is InChI=1S/C16H15ClNO.BrH/c1-19-16-8-4-5-12-9-10-18(11-13(12)16)15-7-3-2-6-14(15)17;/h2-8,11H,9-10H2,1H3;1H/q+1;/p-1. The molecule has 2 nitrogen and oxygen atoms in total. The van der Waals surface area contributed by atoms with Crippen LogP contribution < -0.4 is 21.7 Å². The average Bonchev–Trinajstić information content (AvgIpc) is 2.46. The van der Waals surface area contributed by atoms with E-state index >= 15 is 0 Å². The maximum absolute atomic E-state index is 6.27. The van der Waals surface area contributed by atoms with E-state index in [9.17, 15) is 0 Å². The number of ether oxygens (including phenoxy) is 1. The van der Waals surface area contributed by atoms with Crippen LogP contribution in [0.3, 0.4) is 0 Å². The molecule has 1 aliphatic heterocycles. The molecule has 0 bridgehead atoms. The van der Waals surface area contributed by atoms with E-state index in [1.165, 1.54) is 5.56 Å². The van der Waals surface area contributed by atoms with Crippen LogP contribution >= 0.6 is 11.6 Å². The summed E-state index contributed by atoms with van der Waals surface area (Å²) in [6.45, 7) is 0.934. The number of fused-ring (bicyclic) bond motifs is 1. The van der Waals surface area contributed by atoms with Gasteiger partial charge in [-0.1, -0.05) is 35.9 Å². The molecule has 0 saturated carbocycles. The highest BCUT2D eigenvalue weighted by Crippen LogP contribution is 2.28. The molecule has 1 heterocycles. The SMILES string of the molecule is COc1cccc2c1C=[N+](c1ccccc1Cl)CC2.[Br-]. The van der Waals surface area contributed by atoms with Gasteiger partial charge in [0.2, 0.25) is 5.69 Å². The molecular formula is C16H15BrClNO. The van der Waals surface area contributed by atoms with Crippen molar-refractivity contribution in [3.05, 3.63) is 58.6 Å². The van der Waals surface area contributed by atoms with Crippen molar-refractivity contribution < 1.29 is 26.3 Å². The van der Waals surface area contributed by atoms with Crippen LogP contribution in [0.2, 0.25) is 5.02 Å². The van der Waals surface area contributed by atoms with Crippen LogP contribution in [0.4, 0.5) is 5.69 Å². The van der Waals surface area contributed by atoms with Crippen molar-refractivity contribution >= 4 is 23.5 Å². The number of hydrogen-bond donors (Lipinski definition) is 0. The van der Waals surface area contributed by atoms with Crippen LogP contribution in [0.1, 0.15) is 11.1 Å². The second kappa shape index (κ2) is 6.42. The second-order valence-corrected chi connectivity index (χ2v) is 4.96. The van der Waals surface area contributed by atoms with E-state index in [0.717, 1.165) is 35.0 Å². The molecule has 0 radical (unpaired) electrons. The fourth-order valence-corrected chi connectivity index (χ4v) is 2.71. The number of hydrogen-bond acceptors (Lipinski definition) is 1.